The largest absolute Gasteiger partial charge is 0.494 e. The van der Waals surface area contributed by atoms with Crippen molar-refractivity contribution in [3.05, 3.63) is 53.6 Å². The minimum absolute atomic E-state index is 0.0200. The first-order valence-electron chi connectivity index (χ1n) is 9.65. The Hall–Kier alpha value is -2.58. The van der Waals surface area contributed by atoms with Crippen LogP contribution in [0, 0.1) is 0 Å². The van der Waals surface area contributed by atoms with Gasteiger partial charge in [-0.2, -0.15) is 0 Å². The molecule has 0 spiro atoms. The number of fused-ring (bicyclic) bond motifs is 1. The summed E-state index contributed by atoms with van der Waals surface area (Å²) in [6.45, 7) is 4.75. The van der Waals surface area contributed by atoms with Crippen LogP contribution in [0.2, 0.25) is 0 Å². The van der Waals surface area contributed by atoms with E-state index in [1.165, 1.54) is 12.1 Å². The molecule has 1 aliphatic rings. The Labute approximate surface area is 171 Å². The van der Waals surface area contributed by atoms with Crippen LogP contribution in [0.1, 0.15) is 31.4 Å². The second-order valence-electron chi connectivity index (χ2n) is 6.87. The molecule has 156 valence electrons. The molecule has 2 aromatic carbocycles. The number of hydrogen-bond acceptors (Lipinski definition) is 5. The van der Waals surface area contributed by atoms with Crippen molar-refractivity contribution < 1.29 is 22.7 Å². The summed E-state index contributed by atoms with van der Waals surface area (Å²) in [5, 5.41) is 2.82. The van der Waals surface area contributed by atoms with E-state index in [0.29, 0.717) is 6.61 Å². The standard InChI is InChI=1S/C21H26N2O5S/c1-3-27-19-12-16-11-15(2)28-20(16)13-17(19)14-22-21(24)9-10-23-29(25,26)18-7-5-4-6-8-18/h4-8,12-13,15,23H,3,9-11,14H2,1-2H3,(H,22,24)/t15-/m1/s1. The van der Waals surface area contributed by atoms with Crippen LogP contribution in [0.5, 0.6) is 11.5 Å². The highest BCUT2D eigenvalue weighted by Gasteiger charge is 2.22. The number of carbonyl (C=O) groups excluding carboxylic acids is 1. The molecule has 1 atom stereocenters. The number of hydrogen-bond donors (Lipinski definition) is 2. The zero-order valence-electron chi connectivity index (χ0n) is 16.6. The lowest BCUT2D eigenvalue weighted by Gasteiger charge is -2.13. The molecule has 0 saturated heterocycles. The van der Waals surface area contributed by atoms with Crippen LogP contribution >= 0.6 is 0 Å². The predicted octanol–water partition coefficient (Wildman–Crippen LogP) is 2.39. The summed E-state index contributed by atoms with van der Waals surface area (Å²) in [5.41, 5.74) is 1.93. The molecule has 0 bridgehead atoms. The highest BCUT2D eigenvalue weighted by Crippen LogP contribution is 2.35. The molecule has 3 rings (SSSR count). The third-order valence-electron chi connectivity index (χ3n) is 4.55. The fraction of sp³-hybridized carbons (Fsp3) is 0.381. The number of sulfonamides is 1. The van der Waals surface area contributed by atoms with Crippen molar-refractivity contribution in [1.29, 1.82) is 0 Å². The molecule has 7 nitrogen and oxygen atoms in total. The predicted molar refractivity (Wildman–Crippen MR) is 109 cm³/mol. The van der Waals surface area contributed by atoms with Crippen LogP contribution < -0.4 is 19.5 Å². The monoisotopic (exact) mass is 418 g/mol. The maximum Gasteiger partial charge on any atom is 0.240 e. The minimum atomic E-state index is -3.62. The Balaban J connectivity index is 1.54. The van der Waals surface area contributed by atoms with E-state index >= 15 is 0 Å². The van der Waals surface area contributed by atoms with Crippen LogP contribution in [0.15, 0.2) is 47.4 Å². The average molecular weight is 419 g/mol. The molecule has 0 aliphatic carbocycles. The van der Waals surface area contributed by atoms with Gasteiger partial charge in [-0.3, -0.25) is 4.79 Å². The third-order valence-corrected chi connectivity index (χ3v) is 6.03. The van der Waals surface area contributed by atoms with Crippen LogP contribution in [0.3, 0.4) is 0 Å². The van der Waals surface area contributed by atoms with E-state index in [-0.39, 0.29) is 36.4 Å². The third kappa shape index (κ3) is 5.48. The number of nitrogens with one attached hydrogen (secondary N) is 2. The topological polar surface area (TPSA) is 93.7 Å². The number of benzene rings is 2. The van der Waals surface area contributed by atoms with Gasteiger partial charge in [0, 0.05) is 37.1 Å². The Morgan fingerprint density at radius 2 is 2.00 bits per heavy atom. The van der Waals surface area contributed by atoms with E-state index in [0.717, 1.165) is 29.0 Å². The van der Waals surface area contributed by atoms with Gasteiger partial charge in [-0.15, -0.1) is 0 Å². The van der Waals surface area contributed by atoms with Gasteiger partial charge >= 0.3 is 0 Å². The lowest BCUT2D eigenvalue weighted by molar-refractivity contribution is -0.121. The van der Waals surface area contributed by atoms with Crippen LogP contribution in [0.4, 0.5) is 0 Å². The summed E-state index contributed by atoms with van der Waals surface area (Å²) in [6, 6.07) is 11.9. The van der Waals surface area contributed by atoms with Crippen molar-refractivity contribution in [2.45, 2.75) is 44.2 Å². The Kier molecular flexibility index (Phi) is 6.76. The van der Waals surface area contributed by atoms with E-state index in [2.05, 4.69) is 10.0 Å². The highest BCUT2D eigenvalue weighted by atomic mass is 32.2. The maximum atomic E-state index is 12.2. The van der Waals surface area contributed by atoms with Gasteiger partial charge in [-0.05, 0) is 38.1 Å². The zero-order valence-corrected chi connectivity index (χ0v) is 17.4. The SMILES string of the molecule is CCOc1cc2c(cc1CNC(=O)CCNS(=O)(=O)c1ccccc1)O[C@H](C)C2. The van der Waals surface area contributed by atoms with Gasteiger partial charge in [-0.25, -0.2) is 13.1 Å². The van der Waals surface area contributed by atoms with Crippen molar-refractivity contribution in [2.24, 2.45) is 0 Å². The van der Waals surface area contributed by atoms with Crippen LogP contribution in [-0.4, -0.2) is 33.6 Å². The first-order chi connectivity index (χ1) is 13.9. The molecule has 2 aromatic rings. The molecule has 0 aromatic heterocycles. The number of amides is 1. The fourth-order valence-corrected chi connectivity index (χ4v) is 4.23. The number of rotatable bonds is 9. The van der Waals surface area contributed by atoms with Crippen LogP contribution in [-0.2, 0) is 27.8 Å². The smallest absolute Gasteiger partial charge is 0.240 e. The quantitative estimate of drug-likeness (QED) is 0.652. The van der Waals surface area contributed by atoms with Crippen molar-refractivity contribution in [2.75, 3.05) is 13.2 Å². The summed E-state index contributed by atoms with van der Waals surface area (Å²) in [4.78, 5) is 12.4. The van der Waals surface area contributed by atoms with Gasteiger partial charge < -0.3 is 14.8 Å². The Bertz CT molecular complexity index is 961. The fourth-order valence-electron chi connectivity index (χ4n) is 3.17. The lowest BCUT2D eigenvalue weighted by Crippen LogP contribution is -2.30. The Morgan fingerprint density at radius 1 is 1.24 bits per heavy atom. The molecule has 1 aliphatic heterocycles. The van der Waals surface area contributed by atoms with Gasteiger partial charge in [0.15, 0.2) is 0 Å². The summed E-state index contributed by atoms with van der Waals surface area (Å²) in [5.74, 6) is 1.30. The first kappa shape index (κ1) is 21.1. The second kappa shape index (κ2) is 9.28. The molecule has 29 heavy (non-hydrogen) atoms. The molecule has 0 saturated carbocycles. The molecule has 8 heteroatoms. The van der Waals surface area contributed by atoms with E-state index in [4.69, 9.17) is 9.47 Å². The van der Waals surface area contributed by atoms with E-state index < -0.39 is 10.0 Å². The molecule has 0 radical (unpaired) electrons. The molecular formula is C21H26N2O5S. The van der Waals surface area contributed by atoms with Crippen molar-refractivity contribution in [1.82, 2.24) is 10.0 Å². The van der Waals surface area contributed by atoms with E-state index in [1.54, 1.807) is 18.2 Å². The van der Waals surface area contributed by atoms with Gasteiger partial charge in [0.1, 0.15) is 17.6 Å². The summed E-state index contributed by atoms with van der Waals surface area (Å²) >= 11 is 0. The number of ether oxygens (including phenoxy) is 2. The maximum absolute atomic E-state index is 12.2. The van der Waals surface area contributed by atoms with Crippen LogP contribution in [0.25, 0.3) is 0 Å². The van der Waals surface area contributed by atoms with E-state index in [9.17, 15) is 13.2 Å². The zero-order chi connectivity index (χ0) is 20.9. The van der Waals surface area contributed by atoms with Crippen molar-refractivity contribution in [3.8, 4) is 11.5 Å². The van der Waals surface area contributed by atoms with Crippen molar-refractivity contribution in [3.63, 3.8) is 0 Å². The second-order valence-corrected chi connectivity index (χ2v) is 8.64. The average Bonchev–Trinajstić information content (AvgIpc) is 3.06. The summed E-state index contributed by atoms with van der Waals surface area (Å²) < 4.78 is 38.3. The van der Waals surface area contributed by atoms with E-state index in [1.807, 2.05) is 26.0 Å². The van der Waals surface area contributed by atoms with Gasteiger partial charge in [0.25, 0.3) is 0 Å². The normalized spacial score (nSPS) is 15.4. The Morgan fingerprint density at radius 3 is 2.72 bits per heavy atom. The molecule has 1 amide bonds. The molecule has 0 fully saturated rings. The molecule has 2 N–H and O–H groups in total. The molecule has 0 unspecified atom stereocenters. The van der Waals surface area contributed by atoms with Crippen molar-refractivity contribution >= 4 is 15.9 Å². The number of carbonyl (C=O) groups is 1. The minimum Gasteiger partial charge on any atom is -0.494 e. The highest BCUT2D eigenvalue weighted by molar-refractivity contribution is 7.89. The summed E-state index contributed by atoms with van der Waals surface area (Å²) in [7, 11) is -3.62. The lowest BCUT2D eigenvalue weighted by atomic mass is 10.1. The first-order valence-corrected chi connectivity index (χ1v) is 11.1. The molecule has 1 heterocycles. The van der Waals surface area contributed by atoms with Gasteiger partial charge in [0.2, 0.25) is 15.9 Å². The van der Waals surface area contributed by atoms with Gasteiger partial charge in [0.05, 0.1) is 11.5 Å². The van der Waals surface area contributed by atoms with Gasteiger partial charge in [-0.1, -0.05) is 18.2 Å². The molecular weight excluding hydrogens is 392 g/mol. The summed E-state index contributed by atoms with van der Waals surface area (Å²) in [6.07, 6.45) is 1.000.